The van der Waals surface area contributed by atoms with Gasteiger partial charge in [0.25, 0.3) is 5.91 Å². The van der Waals surface area contributed by atoms with E-state index in [1.54, 1.807) is 0 Å². The summed E-state index contributed by atoms with van der Waals surface area (Å²) in [6.45, 7) is 4.52. The van der Waals surface area contributed by atoms with Gasteiger partial charge in [0.05, 0.1) is 0 Å². The standard InChI is InChI=1S/C23H20BrN3O2/c1-13-7-14(2)9-18(8-13)27-23(29)26-17-5-3-15(4-6-17)19-10-16(24)11-20-21(19)12-25-22(20)28/h3-11H,12H2,1-2H3,(H,25,28)(H2,26,27,29). The molecule has 0 saturated heterocycles. The van der Waals surface area contributed by atoms with Gasteiger partial charge in [-0.25, -0.2) is 4.79 Å². The number of nitrogens with one attached hydrogen (secondary N) is 3. The molecule has 0 spiro atoms. The average molecular weight is 450 g/mol. The highest BCUT2D eigenvalue weighted by molar-refractivity contribution is 9.10. The van der Waals surface area contributed by atoms with Gasteiger partial charge < -0.3 is 16.0 Å². The smallest absolute Gasteiger partial charge is 0.323 e. The Labute approximate surface area is 177 Å². The predicted octanol–water partition coefficient (Wildman–Crippen LogP) is 5.62. The van der Waals surface area contributed by atoms with Gasteiger partial charge in [-0.15, -0.1) is 0 Å². The van der Waals surface area contributed by atoms with Crippen molar-refractivity contribution in [3.05, 3.63) is 81.3 Å². The van der Waals surface area contributed by atoms with Crippen LogP contribution in [0.15, 0.2) is 59.1 Å². The van der Waals surface area contributed by atoms with E-state index in [1.807, 2.05) is 62.4 Å². The second-order valence-corrected chi connectivity index (χ2v) is 8.11. The monoisotopic (exact) mass is 449 g/mol. The lowest BCUT2D eigenvalue weighted by Gasteiger charge is -2.11. The number of hydrogen-bond donors (Lipinski definition) is 3. The van der Waals surface area contributed by atoms with Crippen LogP contribution in [0.3, 0.4) is 0 Å². The molecule has 0 atom stereocenters. The van der Waals surface area contributed by atoms with Crippen LogP contribution in [0.1, 0.15) is 27.0 Å². The van der Waals surface area contributed by atoms with Crippen LogP contribution in [-0.4, -0.2) is 11.9 Å². The van der Waals surface area contributed by atoms with Crippen LogP contribution in [0, 0.1) is 13.8 Å². The number of anilines is 2. The van der Waals surface area contributed by atoms with Gasteiger partial charge in [0.2, 0.25) is 0 Å². The number of amides is 3. The van der Waals surface area contributed by atoms with Crippen molar-refractivity contribution >= 4 is 39.2 Å². The van der Waals surface area contributed by atoms with Crippen LogP contribution in [0.5, 0.6) is 0 Å². The second-order valence-electron chi connectivity index (χ2n) is 7.20. The van der Waals surface area contributed by atoms with Gasteiger partial charge in [-0.3, -0.25) is 4.79 Å². The summed E-state index contributed by atoms with van der Waals surface area (Å²) in [4.78, 5) is 24.3. The highest BCUT2D eigenvalue weighted by atomic mass is 79.9. The Bertz CT molecular complexity index is 1100. The van der Waals surface area contributed by atoms with Crippen molar-refractivity contribution in [2.75, 3.05) is 10.6 Å². The number of halogens is 1. The van der Waals surface area contributed by atoms with Crippen molar-refractivity contribution in [2.45, 2.75) is 20.4 Å². The van der Waals surface area contributed by atoms with Crippen molar-refractivity contribution in [3.63, 3.8) is 0 Å². The van der Waals surface area contributed by atoms with Crippen LogP contribution < -0.4 is 16.0 Å². The number of carbonyl (C=O) groups excluding carboxylic acids is 2. The van der Waals surface area contributed by atoms with E-state index in [2.05, 4.69) is 37.9 Å². The van der Waals surface area contributed by atoms with Crippen molar-refractivity contribution in [3.8, 4) is 11.1 Å². The third-order valence-electron chi connectivity index (χ3n) is 4.82. The third-order valence-corrected chi connectivity index (χ3v) is 5.28. The predicted molar refractivity (Wildman–Crippen MR) is 119 cm³/mol. The Hall–Kier alpha value is -3.12. The molecule has 3 aromatic carbocycles. The molecule has 0 aromatic heterocycles. The van der Waals surface area contributed by atoms with E-state index < -0.39 is 0 Å². The first-order chi connectivity index (χ1) is 13.9. The molecule has 0 saturated carbocycles. The molecule has 0 aliphatic carbocycles. The SMILES string of the molecule is Cc1cc(C)cc(NC(=O)Nc2ccc(-c3cc(Br)cc4c3CNC4=O)cc2)c1. The maximum atomic E-state index is 12.3. The van der Waals surface area contributed by atoms with E-state index in [0.717, 1.165) is 38.0 Å². The lowest BCUT2D eigenvalue weighted by molar-refractivity contribution is 0.0965. The van der Waals surface area contributed by atoms with Crippen molar-refractivity contribution in [1.29, 1.82) is 0 Å². The van der Waals surface area contributed by atoms with Gasteiger partial charge in [-0.2, -0.15) is 0 Å². The van der Waals surface area contributed by atoms with Crippen molar-refractivity contribution < 1.29 is 9.59 Å². The van der Waals surface area contributed by atoms with Crippen molar-refractivity contribution in [2.24, 2.45) is 0 Å². The molecule has 1 aliphatic heterocycles. The third kappa shape index (κ3) is 4.17. The minimum Gasteiger partial charge on any atom is -0.348 e. The molecule has 0 unspecified atom stereocenters. The minimum absolute atomic E-state index is 0.0520. The van der Waals surface area contributed by atoms with E-state index in [-0.39, 0.29) is 11.9 Å². The molecule has 4 rings (SSSR count). The van der Waals surface area contributed by atoms with Crippen LogP contribution in [0.2, 0.25) is 0 Å². The molecule has 0 bridgehead atoms. The highest BCUT2D eigenvalue weighted by Gasteiger charge is 2.23. The van der Waals surface area contributed by atoms with Crippen LogP contribution in [0.25, 0.3) is 11.1 Å². The first-order valence-corrected chi connectivity index (χ1v) is 10.1. The minimum atomic E-state index is -0.291. The number of benzene rings is 3. The Morgan fingerprint density at radius 2 is 1.52 bits per heavy atom. The largest absolute Gasteiger partial charge is 0.348 e. The summed E-state index contributed by atoms with van der Waals surface area (Å²) in [5.74, 6) is -0.0520. The summed E-state index contributed by atoms with van der Waals surface area (Å²) < 4.78 is 0.860. The van der Waals surface area contributed by atoms with Crippen molar-refractivity contribution in [1.82, 2.24) is 5.32 Å². The summed E-state index contributed by atoms with van der Waals surface area (Å²) >= 11 is 3.48. The molecular formula is C23H20BrN3O2. The quantitative estimate of drug-likeness (QED) is 0.485. The van der Waals surface area contributed by atoms with Crippen LogP contribution in [0.4, 0.5) is 16.2 Å². The Morgan fingerprint density at radius 1 is 0.897 bits per heavy atom. The number of fused-ring (bicyclic) bond motifs is 1. The molecule has 3 N–H and O–H groups in total. The Balaban J connectivity index is 1.51. The summed E-state index contributed by atoms with van der Waals surface area (Å²) in [5.41, 5.74) is 7.32. The average Bonchev–Trinajstić information content (AvgIpc) is 3.01. The molecule has 146 valence electrons. The van der Waals surface area contributed by atoms with Gasteiger partial charge in [0, 0.05) is 28.0 Å². The summed E-state index contributed by atoms with van der Waals surface area (Å²) in [6.07, 6.45) is 0. The number of carbonyl (C=O) groups is 2. The van der Waals surface area contributed by atoms with E-state index >= 15 is 0 Å². The van der Waals surface area contributed by atoms with Gasteiger partial charge >= 0.3 is 6.03 Å². The lowest BCUT2D eigenvalue weighted by atomic mass is 9.97. The zero-order chi connectivity index (χ0) is 20.5. The Kier molecular flexibility index (Phi) is 5.11. The fraction of sp³-hybridized carbons (Fsp3) is 0.130. The first-order valence-electron chi connectivity index (χ1n) is 9.26. The molecule has 0 fully saturated rings. The molecule has 3 aromatic rings. The topological polar surface area (TPSA) is 70.2 Å². The molecule has 1 aliphatic rings. The summed E-state index contributed by atoms with van der Waals surface area (Å²) in [5, 5.41) is 8.58. The number of rotatable bonds is 3. The van der Waals surface area contributed by atoms with E-state index in [9.17, 15) is 9.59 Å². The van der Waals surface area contributed by atoms with E-state index in [1.165, 1.54) is 0 Å². The van der Waals surface area contributed by atoms with Gasteiger partial charge in [0.1, 0.15) is 0 Å². The zero-order valence-corrected chi connectivity index (χ0v) is 17.7. The fourth-order valence-corrected chi connectivity index (χ4v) is 4.08. The number of urea groups is 1. The Morgan fingerprint density at radius 3 is 2.21 bits per heavy atom. The number of aryl methyl sites for hydroxylation is 2. The maximum Gasteiger partial charge on any atom is 0.323 e. The molecule has 1 heterocycles. The maximum absolute atomic E-state index is 12.3. The molecular weight excluding hydrogens is 430 g/mol. The zero-order valence-electron chi connectivity index (χ0n) is 16.1. The van der Waals surface area contributed by atoms with Gasteiger partial charge in [-0.05, 0) is 78.1 Å². The van der Waals surface area contributed by atoms with Crippen LogP contribution >= 0.6 is 15.9 Å². The lowest BCUT2D eigenvalue weighted by Crippen LogP contribution is -2.19. The molecule has 0 radical (unpaired) electrons. The van der Waals surface area contributed by atoms with Gasteiger partial charge in [0.15, 0.2) is 0 Å². The second kappa shape index (κ2) is 7.72. The molecule has 3 amide bonds. The molecule has 6 heteroatoms. The molecule has 5 nitrogen and oxygen atoms in total. The first kappa shape index (κ1) is 19.2. The number of hydrogen-bond acceptors (Lipinski definition) is 2. The summed E-state index contributed by atoms with van der Waals surface area (Å²) in [6, 6.07) is 17.1. The van der Waals surface area contributed by atoms with Crippen LogP contribution in [-0.2, 0) is 6.54 Å². The highest BCUT2D eigenvalue weighted by Crippen LogP contribution is 2.33. The fourth-order valence-electron chi connectivity index (χ4n) is 3.62. The van der Waals surface area contributed by atoms with E-state index in [4.69, 9.17) is 0 Å². The normalized spacial score (nSPS) is 12.3. The summed E-state index contributed by atoms with van der Waals surface area (Å²) in [7, 11) is 0. The van der Waals surface area contributed by atoms with Gasteiger partial charge in [-0.1, -0.05) is 34.1 Å². The van der Waals surface area contributed by atoms with E-state index in [0.29, 0.717) is 17.8 Å². The molecule has 29 heavy (non-hydrogen) atoms.